The van der Waals surface area contributed by atoms with Gasteiger partial charge in [0.15, 0.2) is 0 Å². The van der Waals surface area contributed by atoms with Crippen LogP contribution < -0.4 is 0 Å². The summed E-state index contributed by atoms with van der Waals surface area (Å²) in [6, 6.07) is 0. The van der Waals surface area contributed by atoms with Crippen LogP contribution in [0.2, 0.25) is 0 Å². The standard InChI is InChI=1S/C9H21NO2/c1-5-9(2,12-4)8-10(3)6-7-11/h11H,5-8H2,1-4H3. The van der Waals surface area contributed by atoms with Crippen molar-refractivity contribution in [3.8, 4) is 0 Å². The number of ether oxygens (including phenoxy) is 1. The largest absolute Gasteiger partial charge is 0.395 e. The minimum Gasteiger partial charge on any atom is -0.395 e. The number of aliphatic hydroxyl groups is 1. The van der Waals surface area contributed by atoms with Crippen LogP contribution in [0.25, 0.3) is 0 Å². The summed E-state index contributed by atoms with van der Waals surface area (Å²) in [4.78, 5) is 2.08. The van der Waals surface area contributed by atoms with Crippen molar-refractivity contribution in [2.24, 2.45) is 0 Å². The zero-order valence-electron chi connectivity index (χ0n) is 8.63. The fourth-order valence-electron chi connectivity index (χ4n) is 1.14. The Bertz CT molecular complexity index is 113. The fraction of sp³-hybridized carbons (Fsp3) is 1.00. The van der Waals surface area contributed by atoms with Crippen molar-refractivity contribution < 1.29 is 9.84 Å². The molecule has 0 bridgehead atoms. The fourth-order valence-corrected chi connectivity index (χ4v) is 1.14. The average Bonchev–Trinajstić information content (AvgIpc) is 2.05. The smallest absolute Gasteiger partial charge is 0.0774 e. The molecule has 12 heavy (non-hydrogen) atoms. The molecule has 0 aliphatic heterocycles. The lowest BCUT2D eigenvalue weighted by atomic mass is 10.0. The monoisotopic (exact) mass is 175 g/mol. The van der Waals surface area contributed by atoms with Crippen LogP contribution in [0, 0.1) is 0 Å². The molecule has 0 aliphatic rings. The SMILES string of the molecule is CCC(C)(CN(C)CCO)OC. The molecule has 1 unspecified atom stereocenters. The first-order chi connectivity index (χ1) is 5.58. The van der Waals surface area contributed by atoms with Gasteiger partial charge >= 0.3 is 0 Å². The van der Waals surface area contributed by atoms with Crippen molar-refractivity contribution in [2.75, 3.05) is 33.9 Å². The van der Waals surface area contributed by atoms with E-state index in [-0.39, 0.29) is 12.2 Å². The second kappa shape index (κ2) is 5.51. The summed E-state index contributed by atoms with van der Waals surface area (Å²) >= 11 is 0. The van der Waals surface area contributed by atoms with Crippen molar-refractivity contribution in [1.82, 2.24) is 4.90 Å². The Hall–Kier alpha value is -0.120. The number of aliphatic hydroxyl groups excluding tert-OH is 1. The van der Waals surface area contributed by atoms with Crippen molar-refractivity contribution in [2.45, 2.75) is 25.9 Å². The second-order valence-electron chi connectivity index (χ2n) is 3.47. The Balaban J connectivity index is 3.84. The van der Waals surface area contributed by atoms with E-state index in [4.69, 9.17) is 9.84 Å². The average molecular weight is 175 g/mol. The molecule has 0 aromatic heterocycles. The van der Waals surface area contributed by atoms with Gasteiger partial charge in [-0.15, -0.1) is 0 Å². The second-order valence-corrected chi connectivity index (χ2v) is 3.47. The number of methoxy groups -OCH3 is 1. The van der Waals surface area contributed by atoms with E-state index in [9.17, 15) is 0 Å². The van der Waals surface area contributed by atoms with Crippen LogP contribution in [0.4, 0.5) is 0 Å². The molecule has 0 spiro atoms. The quantitative estimate of drug-likeness (QED) is 0.646. The van der Waals surface area contributed by atoms with Gasteiger partial charge in [-0.2, -0.15) is 0 Å². The summed E-state index contributed by atoms with van der Waals surface area (Å²) in [7, 11) is 3.72. The van der Waals surface area contributed by atoms with Gasteiger partial charge in [0.2, 0.25) is 0 Å². The maximum atomic E-state index is 8.70. The van der Waals surface area contributed by atoms with E-state index in [1.54, 1.807) is 7.11 Å². The van der Waals surface area contributed by atoms with Crippen LogP contribution in [0.1, 0.15) is 20.3 Å². The number of likely N-dealkylation sites (N-methyl/N-ethyl adjacent to an activating group) is 1. The van der Waals surface area contributed by atoms with Gasteiger partial charge in [-0.1, -0.05) is 6.92 Å². The van der Waals surface area contributed by atoms with Gasteiger partial charge in [0.25, 0.3) is 0 Å². The van der Waals surface area contributed by atoms with Crippen molar-refractivity contribution in [1.29, 1.82) is 0 Å². The van der Waals surface area contributed by atoms with E-state index < -0.39 is 0 Å². The lowest BCUT2D eigenvalue weighted by Gasteiger charge is -2.31. The molecule has 0 rings (SSSR count). The highest BCUT2D eigenvalue weighted by atomic mass is 16.5. The molecule has 1 N–H and O–H groups in total. The first-order valence-corrected chi connectivity index (χ1v) is 4.42. The molecular weight excluding hydrogens is 154 g/mol. The predicted octanol–water partition coefficient (Wildman–Crippen LogP) is 0.726. The van der Waals surface area contributed by atoms with Gasteiger partial charge < -0.3 is 14.7 Å². The Morgan fingerprint density at radius 3 is 2.42 bits per heavy atom. The Morgan fingerprint density at radius 1 is 1.50 bits per heavy atom. The number of hydrogen-bond donors (Lipinski definition) is 1. The third kappa shape index (κ3) is 4.04. The third-order valence-electron chi connectivity index (χ3n) is 2.33. The van der Waals surface area contributed by atoms with Gasteiger partial charge in [0, 0.05) is 20.2 Å². The lowest BCUT2D eigenvalue weighted by Crippen LogP contribution is -2.41. The zero-order chi connectivity index (χ0) is 9.61. The van der Waals surface area contributed by atoms with Crippen molar-refractivity contribution >= 4 is 0 Å². The van der Waals surface area contributed by atoms with E-state index in [1.807, 2.05) is 7.05 Å². The van der Waals surface area contributed by atoms with Crippen LogP contribution in [0.5, 0.6) is 0 Å². The molecule has 3 nitrogen and oxygen atoms in total. The maximum absolute atomic E-state index is 8.70. The first kappa shape index (κ1) is 11.9. The Kier molecular flexibility index (Phi) is 5.46. The van der Waals surface area contributed by atoms with Crippen LogP contribution in [-0.2, 0) is 4.74 Å². The molecular formula is C9H21NO2. The van der Waals surface area contributed by atoms with E-state index in [0.717, 1.165) is 13.0 Å². The van der Waals surface area contributed by atoms with Gasteiger partial charge in [-0.05, 0) is 20.4 Å². The van der Waals surface area contributed by atoms with Crippen molar-refractivity contribution in [3.63, 3.8) is 0 Å². The molecule has 0 heterocycles. The zero-order valence-corrected chi connectivity index (χ0v) is 8.63. The van der Waals surface area contributed by atoms with E-state index >= 15 is 0 Å². The highest BCUT2D eigenvalue weighted by Crippen LogP contribution is 2.14. The van der Waals surface area contributed by atoms with Gasteiger partial charge in [-0.25, -0.2) is 0 Å². The molecule has 0 aromatic carbocycles. The molecule has 0 saturated carbocycles. The Morgan fingerprint density at radius 2 is 2.08 bits per heavy atom. The predicted molar refractivity (Wildman–Crippen MR) is 50.3 cm³/mol. The maximum Gasteiger partial charge on any atom is 0.0774 e. The van der Waals surface area contributed by atoms with E-state index in [0.29, 0.717) is 6.54 Å². The lowest BCUT2D eigenvalue weighted by molar-refractivity contribution is -0.0220. The van der Waals surface area contributed by atoms with Crippen LogP contribution in [0.3, 0.4) is 0 Å². The first-order valence-electron chi connectivity index (χ1n) is 4.42. The van der Waals surface area contributed by atoms with E-state index in [2.05, 4.69) is 18.7 Å². The highest BCUT2D eigenvalue weighted by molar-refractivity contribution is 4.76. The van der Waals surface area contributed by atoms with Crippen LogP contribution in [-0.4, -0.2) is 49.5 Å². The van der Waals surface area contributed by atoms with Gasteiger partial charge in [0.1, 0.15) is 0 Å². The molecule has 0 fully saturated rings. The van der Waals surface area contributed by atoms with E-state index in [1.165, 1.54) is 0 Å². The number of nitrogens with zero attached hydrogens (tertiary/aromatic N) is 1. The minimum absolute atomic E-state index is 0.0794. The van der Waals surface area contributed by atoms with Crippen LogP contribution in [0.15, 0.2) is 0 Å². The molecule has 0 amide bonds. The molecule has 1 atom stereocenters. The summed E-state index contributed by atoms with van der Waals surface area (Å²) in [5.41, 5.74) is -0.0794. The van der Waals surface area contributed by atoms with Crippen molar-refractivity contribution in [3.05, 3.63) is 0 Å². The molecule has 3 heteroatoms. The molecule has 0 aromatic rings. The molecule has 0 radical (unpaired) electrons. The topological polar surface area (TPSA) is 32.7 Å². The van der Waals surface area contributed by atoms with Gasteiger partial charge in [-0.3, -0.25) is 0 Å². The summed E-state index contributed by atoms with van der Waals surface area (Å²) in [6.07, 6.45) is 0.985. The number of rotatable bonds is 6. The summed E-state index contributed by atoms with van der Waals surface area (Å²) in [5, 5.41) is 8.70. The minimum atomic E-state index is -0.0794. The molecule has 74 valence electrons. The normalized spacial score (nSPS) is 16.5. The third-order valence-corrected chi connectivity index (χ3v) is 2.33. The van der Waals surface area contributed by atoms with Gasteiger partial charge in [0.05, 0.1) is 12.2 Å². The Labute approximate surface area is 75.3 Å². The summed E-state index contributed by atoms with van der Waals surface area (Å²) in [5.74, 6) is 0. The summed E-state index contributed by atoms with van der Waals surface area (Å²) in [6.45, 7) is 5.97. The number of hydrogen-bond acceptors (Lipinski definition) is 3. The molecule has 0 saturated heterocycles. The molecule has 0 aliphatic carbocycles. The highest BCUT2D eigenvalue weighted by Gasteiger charge is 2.22. The van der Waals surface area contributed by atoms with Crippen LogP contribution >= 0.6 is 0 Å². The summed E-state index contributed by atoms with van der Waals surface area (Å²) < 4.78 is 5.38.